The van der Waals surface area contributed by atoms with E-state index in [0.29, 0.717) is 12.6 Å². The van der Waals surface area contributed by atoms with Gasteiger partial charge in [0.2, 0.25) is 0 Å². The fraction of sp³-hybridized carbons (Fsp3) is 0.765. The minimum absolute atomic E-state index is 0.0348. The molecule has 0 saturated carbocycles. The van der Waals surface area contributed by atoms with Crippen molar-refractivity contribution < 1.29 is 4.74 Å². The van der Waals surface area contributed by atoms with E-state index in [1.807, 2.05) is 20.0 Å². The van der Waals surface area contributed by atoms with Crippen LogP contribution in [0.4, 0.5) is 0 Å². The van der Waals surface area contributed by atoms with E-state index in [0.717, 1.165) is 31.6 Å². The van der Waals surface area contributed by atoms with Gasteiger partial charge >= 0.3 is 0 Å². The predicted molar refractivity (Wildman–Crippen MR) is 85.2 cm³/mol. The average molecular weight is 291 g/mol. The van der Waals surface area contributed by atoms with Crippen molar-refractivity contribution in [3.05, 3.63) is 23.3 Å². The molecule has 2 rings (SSSR count). The zero-order valence-corrected chi connectivity index (χ0v) is 14.1. The van der Waals surface area contributed by atoms with Crippen molar-refractivity contribution in [3.63, 3.8) is 0 Å². The molecule has 0 spiro atoms. The predicted octanol–water partition coefficient (Wildman–Crippen LogP) is 3.59. The highest BCUT2D eigenvalue weighted by Gasteiger charge is 2.33. The maximum Gasteiger partial charge on any atom is 0.157 e. The third-order valence-electron chi connectivity index (χ3n) is 4.12. The molecule has 2 unspecified atom stereocenters. The van der Waals surface area contributed by atoms with E-state index >= 15 is 0 Å². The normalized spacial score (nSPS) is 21.9. The van der Waals surface area contributed by atoms with E-state index in [9.17, 15) is 0 Å². The van der Waals surface area contributed by atoms with Crippen molar-refractivity contribution >= 4 is 0 Å². The Kier molecular flexibility index (Phi) is 5.33. The number of rotatable bonds is 6. The van der Waals surface area contributed by atoms with Crippen molar-refractivity contribution in [3.8, 4) is 0 Å². The van der Waals surface area contributed by atoms with Gasteiger partial charge in [-0.15, -0.1) is 0 Å². The lowest BCUT2D eigenvalue weighted by molar-refractivity contribution is 0.0695. The SMILES string of the molecule is CCCNC1CC(C)(C)Cc2nc(C(C)OCC)ncc21. The summed E-state index contributed by atoms with van der Waals surface area (Å²) >= 11 is 0. The number of hydrogen-bond acceptors (Lipinski definition) is 4. The Balaban J connectivity index is 2.27. The third kappa shape index (κ3) is 4.01. The summed E-state index contributed by atoms with van der Waals surface area (Å²) < 4.78 is 5.62. The van der Waals surface area contributed by atoms with Crippen LogP contribution < -0.4 is 5.32 Å². The molecule has 0 aliphatic heterocycles. The molecule has 0 amide bonds. The van der Waals surface area contributed by atoms with E-state index in [-0.39, 0.29) is 11.5 Å². The van der Waals surface area contributed by atoms with Crippen LogP contribution in [0.2, 0.25) is 0 Å². The maximum atomic E-state index is 5.62. The molecule has 118 valence electrons. The number of fused-ring (bicyclic) bond motifs is 1. The monoisotopic (exact) mass is 291 g/mol. The highest BCUT2D eigenvalue weighted by atomic mass is 16.5. The molecule has 1 aromatic heterocycles. The first kappa shape index (κ1) is 16.4. The van der Waals surface area contributed by atoms with Crippen molar-refractivity contribution in [2.24, 2.45) is 5.41 Å². The largest absolute Gasteiger partial charge is 0.371 e. The van der Waals surface area contributed by atoms with Gasteiger partial charge in [0.15, 0.2) is 5.82 Å². The van der Waals surface area contributed by atoms with Crippen LogP contribution in [0.5, 0.6) is 0 Å². The topological polar surface area (TPSA) is 47.0 Å². The molecule has 0 fully saturated rings. The van der Waals surface area contributed by atoms with Gasteiger partial charge in [0.05, 0.1) is 0 Å². The quantitative estimate of drug-likeness (QED) is 0.870. The van der Waals surface area contributed by atoms with Crippen LogP contribution in [0, 0.1) is 5.41 Å². The van der Waals surface area contributed by atoms with E-state index in [1.54, 1.807) is 0 Å². The Labute approximate surface area is 128 Å². The van der Waals surface area contributed by atoms with Crippen molar-refractivity contribution in [2.75, 3.05) is 13.2 Å². The first-order chi connectivity index (χ1) is 9.96. The van der Waals surface area contributed by atoms with Gasteiger partial charge in [0.25, 0.3) is 0 Å². The van der Waals surface area contributed by atoms with Crippen LogP contribution in [0.15, 0.2) is 6.20 Å². The molecule has 1 aromatic rings. The fourth-order valence-corrected chi connectivity index (χ4v) is 3.08. The molecular weight excluding hydrogens is 262 g/mol. The Morgan fingerprint density at radius 2 is 2.19 bits per heavy atom. The van der Waals surface area contributed by atoms with E-state index in [1.165, 1.54) is 11.3 Å². The summed E-state index contributed by atoms with van der Waals surface area (Å²) in [6.07, 6.45) is 5.28. The number of aromatic nitrogens is 2. The highest BCUT2D eigenvalue weighted by molar-refractivity contribution is 5.27. The average Bonchev–Trinajstić information content (AvgIpc) is 2.43. The van der Waals surface area contributed by atoms with Crippen LogP contribution in [0.1, 0.15) is 76.7 Å². The molecule has 1 aliphatic rings. The summed E-state index contributed by atoms with van der Waals surface area (Å²) in [5.74, 6) is 0.808. The van der Waals surface area contributed by atoms with Gasteiger partial charge in [-0.2, -0.15) is 0 Å². The molecule has 4 heteroatoms. The smallest absolute Gasteiger partial charge is 0.157 e. The van der Waals surface area contributed by atoms with Gasteiger partial charge in [-0.05, 0) is 45.1 Å². The fourth-order valence-electron chi connectivity index (χ4n) is 3.08. The Hall–Kier alpha value is -1.00. The van der Waals surface area contributed by atoms with Crippen LogP contribution in [0.25, 0.3) is 0 Å². The molecule has 0 bridgehead atoms. The summed E-state index contributed by atoms with van der Waals surface area (Å²) in [4.78, 5) is 9.35. The molecule has 0 radical (unpaired) electrons. The second-order valence-electron chi connectivity index (χ2n) is 6.78. The Bertz CT molecular complexity index is 473. The minimum atomic E-state index is -0.0348. The van der Waals surface area contributed by atoms with Gasteiger partial charge in [-0.1, -0.05) is 20.8 Å². The third-order valence-corrected chi connectivity index (χ3v) is 4.12. The number of ether oxygens (including phenoxy) is 1. The maximum absolute atomic E-state index is 5.62. The molecule has 0 saturated heterocycles. The molecular formula is C17H29N3O. The second kappa shape index (κ2) is 6.84. The van der Waals surface area contributed by atoms with Gasteiger partial charge in [-0.3, -0.25) is 0 Å². The van der Waals surface area contributed by atoms with Crippen LogP contribution >= 0.6 is 0 Å². The summed E-state index contributed by atoms with van der Waals surface area (Å²) in [5, 5.41) is 3.65. The van der Waals surface area contributed by atoms with Crippen LogP contribution in [-0.4, -0.2) is 23.1 Å². The number of nitrogens with zero attached hydrogens (tertiary/aromatic N) is 2. The minimum Gasteiger partial charge on any atom is -0.371 e. The lowest BCUT2D eigenvalue weighted by Crippen LogP contribution is -2.34. The molecule has 4 nitrogen and oxygen atoms in total. The van der Waals surface area contributed by atoms with Crippen molar-refractivity contribution in [2.45, 2.75) is 66.0 Å². The van der Waals surface area contributed by atoms with Gasteiger partial charge < -0.3 is 10.1 Å². The first-order valence-corrected chi connectivity index (χ1v) is 8.17. The Morgan fingerprint density at radius 1 is 1.43 bits per heavy atom. The summed E-state index contributed by atoms with van der Waals surface area (Å²) in [7, 11) is 0. The van der Waals surface area contributed by atoms with Crippen molar-refractivity contribution in [1.82, 2.24) is 15.3 Å². The lowest BCUT2D eigenvalue weighted by atomic mass is 9.74. The summed E-state index contributed by atoms with van der Waals surface area (Å²) in [5.41, 5.74) is 2.74. The highest BCUT2D eigenvalue weighted by Crippen LogP contribution is 2.39. The molecule has 0 aromatic carbocycles. The second-order valence-corrected chi connectivity index (χ2v) is 6.78. The Morgan fingerprint density at radius 3 is 2.86 bits per heavy atom. The molecule has 1 N–H and O–H groups in total. The van der Waals surface area contributed by atoms with Crippen LogP contribution in [-0.2, 0) is 11.2 Å². The molecule has 1 heterocycles. The lowest BCUT2D eigenvalue weighted by Gasteiger charge is -2.36. The standard InChI is InChI=1S/C17H29N3O/c1-6-8-18-14-9-17(4,5)10-15-13(14)11-19-16(20-15)12(3)21-7-2/h11-12,14,18H,6-10H2,1-5H3. The van der Waals surface area contributed by atoms with Crippen molar-refractivity contribution in [1.29, 1.82) is 0 Å². The van der Waals surface area contributed by atoms with Gasteiger partial charge in [0.1, 0.15) is 6.10 Å². The van der Waals surface area contributed by atoms with Crippen LogP contribution in [0.3, 0.4) is 0 Å². The number of nitrogens with one attached hydrogen (secondary N) is 1. The zero-order valence-electron chi connectivity index (χ0n) is 14.1. The summed E-state index contributed by atoms with van der Waals surface area (Å²) in [6.45, 7) is 12.6. The molecule has 2 atom stereocenters. The molecule has 1 aliphatic carbocycles. The summed E-state index contributed by atoms with van der Waals surface area (Å²) in [6, 6.07) is 0.375. The van der Waals surface area contributed by atoms with Gasteiger partial charge in [0, 0.05) is 30.1 Å². The number of hydrogen-bond donors (Lipinski definition) is 1. The van der Waals surface area contributed by atoms with E-state index < -0.39 is 0 Å². The zero-order chi connectivity index (χ0) is 15.5. The first-order valence-electron chi connectivity index (χ1n) is 8.17. The van der Waals surface area contributed by atoms with E-state index in [4.69, 9.17) is 9.72 Å². The van der Waals surface area contributed by atoms with E-state index in [2.05, 4.69) is 31.1 Å². The van der Waals surface area contributed by atoms with Gasteiger partial charge in [-0.25, -0.2) is 9.97 Å². The molecule has 21 heavy (non-hydrogen) atoms.